The zero-order chi connectivity index (χ0) is 48.5. The average Bonchev–Trinajstić information content (AvgIpc) is 3.80. The predicted molar refractivity (Wildman–Crippen MR) is 261 cm³/mol. The number of benzene rings is 3. The Morgan fingerprint density at radius 1 is 0.691 bits per heavy atom. The molecule has 3 fully saturated rings. The lowest BCUT2D eigenvalue weighted by Crippen LogP contribution is -2.58. The van der Waals surface area contributed by atoms with E-state index in [1.165, 1.54) is 25.7 Å². The van der Waals surface area contributed by atoms with Gasteiger partial charge in [-0.25, -0.2) is 0 Å². The fraction of sp³-hybridized carbons (Fsp3) is 0.625. The van der Waals surface area contributed by atoms with E-state index in [0.29, 0.717) is 25.9 Å². The van der Waals surface area contributed by atoms with E-state index < -0.39 is 54.2 Å². The van der Waals surface area contributed by atoms with Gasteiger partial charge in [0.25, 0.3) is 0 Å². The Morgan fingerprint density at radius 2 is 1.24 bits per heavy atom. The lowest BCUT2D eigenvalue weighted by Gasteiger charge is -2.43. The van der Waals surface area contributed by atoms with Crippen LogP contribution in [-0.2, 0) is 72.0 Å². The number of fused-ring (bicyclic) bond motifs is 1. The number of carboxylic acids is 1. The van der Waals surface area contributed by atoms with Crippen LogP contribution < -0.4 is 0 Å². The van der Waals surface area contributed by atoms with E-state index in [-0.39, 0.29) is 56.8 Å². The van der Waals surface area contributed by atoms with Crippen LogP contribution in [-0.4, -0.2) is 97.6 Å². The Morgan fingerprint density at radius 3 is 1.82 bits per heavy atom. The number of hydrogen-bond acceptors (Lipinski definition) is 11. The largest absolute Gasteiger partial charge is 0.481 e. The summed E-state index contributed by atoms with van der Waals surface area (Å²) in [5.41, 5.74) is 4.00. The topological polar surface area (TPSA) is 130 Å². The van der Waals surface area contributed by atoms with Gasteiger partial charge in [0.15, 0.2) is 11.6 Å². The zero-order valence-corrected chi connectivity index (χ0v) is 41.9. The molecular weight excluding hydrogens is 865 g/mol. The third kappa shape index (κ3) is 16.8. The van der Waals surface area contributed by atoms with E-state index in [1.54, 1.807) is 7.11 Å². The molecule has 0 aliphatic carbocycles. The maximum absolute atomic E-state index is 12.5. The highest BCUT2D eigenvalue weighted by molar-refractivity contribution is 5.67. The molecule has 0 bridgehead atoms. The van der Waals surface area contributed by atoms with Crippen LogP contribution in [0.3, 0.4) is 0 Å². The van der Waals surface area contributed by atoms with Crippen LogP contribution in [0.1, 0.15) is 129 Å². The van der Waals surface area contributed by atoms with Gasteiger partial charge in [-0.3, -0.25) is 4.79 Å². The first kappa shape index (κ1) is 53.8. The van der Waals surface area contributed by atoms with Crippen LogP contribution in [0.5, 0.6) is 0 Å². The summed E-state index contributed by atoms with van der Waals surface area (Å²) in [7, 11) is 1.62. The van der Waals surface area contributed by atoms with Gasteiger partial charge in [-0.2, -0.15) is 0 Å². The Labute approximate surface area is 406 Å². The van der Waals surface area contributed by atoms with Crippen LogP contribution in [0.2, 0.25) is 0 Å². The molecule has 12 heteroatoms. The van der Waals surface area contributed by atoms with Crippen LogP contribution in [0.4, 0.5) is 0 Å². The predicted octanol–water partition coefficient (Wildman–Crippen LogP) is 11.1. The summed E-state index contributed by atoms with van der Waals surface area (Å²) >= 11 is 0. The van der Waals surface area contributed by atoms with Crippen molar-refractivity contribution in [2.24, 2.45) is 5.92 Å². The van der Waals surface area contributed by atoms with Crippen molar-refractivity contribution in [2.45, 2.75) is 205 Å². The number of aliphatic carboxylic acids is 1. The fourth-order valence-electron chi connectivity index (χ4n) is 10.0. The van der Waals surface area contributed by atoms with E-state index in [2.05, 4.69) is 26.8 Å². The molecule has 68 heavy (non-hydrogen) atoms. The number of carboxylic acid groups (broad SMARTS) is 1. The highest BCUT2D eigenvalue weighted by Crippen LogP contribution is 2.43. The second kappa shape index (κ2) is 26.6. The summed E-state index contributed by atoms with van der Waals surface area (Å²) in [5.74, 6) is -2.55. The molecule has 3 aromatic carbocycles. The van der Waals surface area contributed by atoms with E-state index >= 15 is 0 Å². The van der Waals surface area contributed by atoms with Gasteiger partial charge >= 0.3 is 5.97 Å². The van der Waals surface area contributed by atoms with Crippen molar-refractivity contribution in [1.29, 1.82) is 0 Å². The standard InChI is InChI=1S/C56H80O12/c1-9-10-11-12-22-29-44-45(66-55(4,5)65-44)33-49-53-54(68-56(6,7)67-53)52(63-38-59-8)48(64-49)32-40(3)30-39(2)31-46(60-35-41-23-16-13-17-24-41)51(62-37-43-27-20-15-21-28-43)47(34-50(57)58)61-36-42-25-18-14-19-26-42/h13-21,23-28,30,39,44-49,51-54H,9-12,22,29,31-38H2,1-8H3,(H,57,58)/b40-30+/t39-,44-,45-,46+,47-,48+,49-,51-,52-,53-,54+/m1/s1. The minimum atomic E-state index is -0.978. The lowest BCUT2D eigenvalue weighted by atomic mass is 9.87. The molecule has 11 atom stereocenters. The summed E-state index contributed by atoms with van der Waals surface area (Å²) in [6, 6.07) is 29.7. The van der Waals surface area contributed by atoms with E-state index in [1.807, 2.05) is 119 Å². The van der Waals surface area contributed by atoms with Crippen molar-refractivity contribution < 1.29 is 57.3 Å². The van der Waals surface area contributed by atoms with Crippen LogP contribution in [0.25, 0.3) is 0 Å². The fourth-order valence-corrected chi connectivity index (χ4v) is 10.0. The molecule has 12 nitrogen and oxygen atoms in total. The molecule has 3 aromatic rings. The van der Waals surface area contributed by atoms with Gasteiger partial charge in [0.05, 0.1) is 62.9 Å². The van der Waals surface area contributed by atoms with Crippen molar-refractivity contribution >= 4 is 5.97 Å². The molecule has 0 amide bonds. The van der Waals surface area contributed by atoms with Crippen molar-refractivity contribution in [3.8, 4) is 0 Å². The molecule has 3 saturated heterocycles. The zero-order valence-electron chi connectivity index (χ0n) is 41.9. The molecule has 376 valence electrons. The highest BCUT2D eigenvalue weighted by Gasteiger charge is 2.57. The second-order valence-corrected chi connectivity index (χ2v) is 19.9. The minimum Gasteiger partial charge on any atom is -0.481 e. The third-order valence-corrected chi connectivity index (χ3v) is 13.0. The van der Waals surface area contributed by atoms with Crippen LogP contribution in [0, 0.1) is 5.92 Å². The molecule has 0 aromatic heterocycles. The SMILES string of the molecule is CCCCCCC[C@H]1OC(C)(C)O[C@@H]1C[C@H]1O[C@@H](C/C(C)=C/[C@@H](C)C[C@H](OCc2ccccc2)[C@@H](OCc2ccccc2)[C@@H](CC(=O)O)OCc2ccccc2)[C@@H](OCOC)[C@@H]2OC(C)(C)O[C@@H]21. The van der Waals surface area contributed by atoms with E-state index in [9.17, 15) is 9.90 Å². The van der Waals surface area contributed by atoms with E-state index in [0.717, 1.165) is 35.1 Å². The van der Waals surface area contributed by atoms with Gasteiger partial charge in [-0.15, -0.1) is 0 Å². The van der Waals surface area contributed by atoms with Crippen LogP contribution in [0.15, 0.2) is 103 Å². The molecule has 0 saturated carbocycles. The lowest BCUT2D eigenvalue weighted by molar-refractivity contribution is -0.229. The summed E-state index contributed by atoms with van der Waals surface area (Å²) in [4.78, 5) is 12.5. The Bertz CT molecular complexity index is 1930. The first-order valence-corrected chi connectivity index (χ1v) is 25.1. The summed E-state index contributed by atoms with van der Waals surface area (Å²) in [5, 5.41) is 10.3. The smallest absolute Gasteiger partial charge is 0.306 e. The van der Waals surface area contributed by atoms with Crippen molar-refractivity contribution in [1.82, 2.24) is 0 Å². The Balaban J connectivity index is 1.24. The van der Waals surface area contributed by atoms with Gasteiger partial charge in [0.1, 0.15) is 31.2 Å². The molecule has 3 aliphatic heterocycles. The first-order chi connectivity index (χ1) is 32.7. The van der Waals surface area contributed by atoms with Crippen molar-refractivity contribution in [2.75, 3.05) is 13.9 Å². The maximum atomic E-state index is 12.5. The quantitative estimate of drug-likeness (QED) is 0.0404. The second-order valence-electron chi connectivity index (χ2n) is 19.9. The Kier molecular flexibility index (Phi) is 21.1. The summed E-state index contributed by atoms with van der Waals surface area (Å²) < 4.78 is 65.5. The maximum Gasteiger partial charge on any atom is 0.306 e. The molecular formula is C56H80O12. The molecule has 3 aliphatic rings. The van der Waals surface area contributed by atoms with Gasteiger partial charge in [0.2, 0.25) is 0 Å². The van der Waals surface area contributed by atoms with Gasteiger partial charge in [-0.1, -0.05) is 149 Å². The van der Waals surface area contributed by atoms with Crippen molar-refractivity contribution in [3.05, 3.63) is 119 Å². The molecule has 1 N–H and O–H groups in total. The highest BCUT2D eigenvalue weighted by atomic mass is 16.8. The average molecular weight is 945 g/mol. The number of hydrogen-bond donors (Lipinski definition) is 1. The molecule has 0 spiro atoms. The molecule has 0 unspecified atom stereocenters. The van der Waals surface area contributed by atoms with Gasteiger partial charge < -0.3 is 52.5 Å². The normalized spacial score (nSPS) is 26.2. The molecule has 0 radical (unpaired) electrons. The number of carbonyl (C=O) groups is 1. The minimum absolute atomic E-state index is 0.0296. The third-order valence-electron chi connectivity index (χ3n) is 13.0. The number of methoxy groups -OCH3 is 1. The van der Waals surface area contributed by atoms with Crippen LogP contribution >= 0.6 is 0 Å². The first-order valence-electron chi connectivity index (χ1n) is 25.1. The monoisotopic (exact) mass is 945 g/mol. The number of allylic oxidation sites excluding steroid dienone is 1. The summed E-state index contributed by atoms with van der Waals surface area (Å²) in [6.07, 6.45) is 6.21. The molecule has 3 heterocycles. The number of rotatable bonds is 29. The van der Waals surface area contributed by atoms with E-state index in [4.69, 9.17) is 47.4 Å². The number of ether oxygens (including phenoxy) is 10. The summed E-state index contributed by atoms with van der Waals surface area (Å²) in [6.45, 7) is 15.2. The number of unbranched alkanes of at least 4 members (excludes halogenated alkanes) is 4. The van der Waals surface area contributed by atoms with Gasteiger partial charge in [-0.05, 0) is 76.5 Å². The van der Waals surface area contributed by atoms with Gasteiger partial charge in [0, 0.05) is 13.5 Å². The van der Waals surface area contributed by atoms with Crippen molar-refractivity contribution in [3.63, 3.8) is 0 Å². The molecule has 6 rings (SSSR count). The Hall–Kier alpha value is -3.53.